The van der Waals surface area contributed by atoms with Gasteiger partial charge in [-0.25, -0.2) is 0 Å². The summed E-state index contributed by atoms with van der Waals surface area (Å²) >= 11 is 0. The summed E-state index contributed by atoms with van der Waals surface area (Å²) in [5.74, 6) is 0.864. The van der Waals surface area contributed by atoms with Crippen LogP contribution in [0.15, 0.2) is 42.5 Å². The predicted molar refractivity (Wildman–Crippen MR) is 82.2 cm³/mol. The standard InChI is InChI=1S/C17H21NO2/c1-13-4-9-17(15(10-13)12-19)18(2)11-14-5-7-16(20-3)8-6-14/h4-10,19H,11-12H2,1-3H3. The van der Waals surface area contributed by atoms with Gasteiger partial charge in [0.1, 0.15) is 5.75 Å². The lowest BCUT2D eigenvalue weighted by Crippen LogP contribution is -2.18. The van der Waals surface area contributed by atoms with E-state index in [0.717, 1.165) is 29.1 Å². The van der Waals surface area contributed by atoms with Gasteiger partial charge in [-0.3, -0.25) is 0 Å². The van der Waals surface area contributed by atoms with Crippen LogP contribution in [0, 0.1) is 6.92 Å². The van der Waals surface area contributed by atoms with E-state index in [2.05, 4.69) is 29.2 Å². The first-order valence-electron chi connectivity index (χ1n) is 6.68. The van der Waals surface area contributed by atoms with Gasteiger partial charge in [0.15, 0.2) is 0 Å². The topological polar surface area (TPSA) is 32.7 Å². The van der Waals surface area contributed by atoms with E-state index >= 15 is 0 Å². The van der Waals surface area contributed by atoms with Crippen molar-refractivity contribution in [3.8, 4) is 5.75 Å². The third-order valence-corrected chi connectivity index (χ3v) is 3.40. The van der Waals surface area contributed by atoms with Crippen molar-refractivity contribution in [1.29, 1.82) is 0 Å². The van der Waals surface area contributed by atoms with Crippen molar-refractivity contribution in [3.05, 3.63) is 59.2 Å². The SMILES string of the molecule is COc1ccc(CN(C)c2ccc(C)cc2CO)cc1. The smallest absolute Gasteiger partial charge is 0.118 e. The van der Waals surface area contributed by atoms with Crippen LogP contribution in [0.2, 0.25) is 0 Å². The molecule has 0 aliphatic rings. The van der Waals surface area contributed by atoms with Crippen LogP contribution in [0.5, 0.6) is 5.75 Å². The first-order chi connectivity index (χ1) is 9.63. The van der Waals surface area contributed by atoms with Crippen molar-refractivity contribution in [2.24, 2.45) is 0 Å². The Bertz CT molecular complexity index is 564. The quantitative estimate of drug-likeness (QED) is 0.907. The monoisotopic (exact) mass is 271 g/mol. The highest BCUT2D eigenvalue weighted by Gasteiger charge is 2.08. The van der Waals surface area contributed by atoms with Gasteiger partial charge in [0, 0.05) is 24.8 Å². The van der Waals surface area contributed by atoms with Crippen LogP contribution in [0.1, 0.15) is 16.7 Å². The summed E-state index contributed by atoms with van der Waals surface area (Å²) in [4.78, 5) is 2.15. The Balaban J connectivity index is 2.16. The van der Waals surface area contributed by atoms with Gasteiger partial charge in [-0.1, -0.05) is 29.8 Å². The molecular weight excluding hydrogens is 250 g/mol. The summed E-state index contributed by atoms with van der Waals surface area (Å²) in [5.41, 5.74) is 4.39. The fourth-order valence-electron chi connectivity index (χ4n) is 2.30. The Morgan fingerprint density at radius 2 is 1.80 bits per heavy atom. The lowest BCUT2D eigenvalue weighted by atomic mass is 10.1. The van der Waals surface area contributed by atoms with Crippen molar-refractivity contribution in [3.63, 3.8) is 0 Å². The molecule has 1 N–H and O–H groups in total. The Kier molecular flexibility index (Phi) is 4.64. The lowest BCUT2D eigenvalue weighted by Gasteiger charge is -2.22. The Morgan fingerprint density at radius 3 is 2.40 bits per heavy atom. The maximum atomic E-state index is 9.48. The second-order valence-corrected chi connectivity index (χ2v) is 4.99. The summed E-state index contributed by atoms with van der Waals surface area (Å²) in [6.07, 6.45) is 0. The fourth-order valence-corrected chi connectivity index (χ4v) is 2.30. The van der Waals surface area contributed by atoms with Crippen molar-refractivity contribution < 1.29 is 9.84 Å². The molecule has 3 heteroatoms. The summed E-state index contributed by atoms with van der Waals surface area (Å²) < 4.78 is 5.16. The van der Waals surface area contributed by atoms with Crippen LogP contribution in [0.4, 0.5) is 5.69 Å². The number of rotatable bonds is 5. The van der Waals surface area contributed by atoms with Crippen LogP contribution >= 0.6 is 0 Å². The van der Waals surface area contributed by atoms with E-state index in [1.165, 1.54) is 5.56 Å². The number of hydrogen-bond acceptors (Lipinski definition) is 3. The Hall–Kier alpha value is -2.00. The zero-order valence-corrected chi connectivity index (χ0v) is 12.3. The van der Waals surface area contributed by atoms with E-state index in [1.807, 2.05) is 32.2 Å². The number of ether oxygens (including phenoxy) is 1. The molecule has 0 atom stereocenters. The molecule has 3 nitrogen and oxygen atoms in total. The second kappa shape index (κ2) is 6.44. The fraction of sp³-hybridized carbons (Fsp3) is 0.294. The van der Waals surface area contributed by atoms with Crippen LogP contribution in [0.25, 0.3) is 0 Å². The number of aliphatic hydroxyl groups is 1. The molecule has 0 saturated heterocycles. The zero-order valence-electron chi connectivity index (χ0n) is 12.3. The van der Waals surface area contributed by atoms with Gasteiger partial charge in [0.2, 0.25) is 0 Å². The number of aliphatic hydroxyl groups excluding tert-OH is 1. The molecule has 0 saturated carbocycles. The van der Waals surface area contributed by atoms with Crippen molar-refractivity contribution in [2.45, 2.75) is 20.1 Å². The molecule has 2 aromatic rings. The van der Waals surface area contributed by atoms with Gasteiger partial charge in [0.05, 0.1) is 13.7 Å². The number of hydrogen-bond donors (Lipinski definition) is 1. The maximum absolute atomic E-state index is 9.48. The normalized spacial score (nSPS) is 10.4. The molecule has 106 valence electrons. The minimum atomic E-state index is 0.0595. The van der Waals surface area contributed by atoms with E-state index in [4.69, 9.17) is 4.74 Å². The summed E-state index contributed by atoms with van der Waals surface area (Å²) in [5, 5.41) is 9.48. The molecule has 0 radical (unpaired) electrons. The lowest BCUT2D eigenvalue weighted by molar-refractivity contribution is 0.282. The largest absolute Gasteiger partial charge is 0.497 e. The van der Waals surface area contributed by atoms with Gasteiger partial charge < -0.3 is 14.7 Å². The van der Waals surface area contributed by atoms with Gasteiger partial charge in [-0.05, 0) is 30.7 Å². The molecule has 0 heterocycles. The van der Waals surface area contributed by atoms with E-state index in [9.17, 15) is 5.11 Å². The van der Waals surface area contributed by atoms with Crippen molar-refractivity contribution >= 4 is 5.69 Å². The van der Waals surface area contributed by atoms with Gasteiger partial charge in [0.25, 0.3) is 0 Å². The van der Waals surface area contributed by atoms with Crippen LogP contribution < -0.4 is 9.64 Å². The van der Waals surface area contributed by atoms with E-state index in [1.54, 1.807) is 7.11 Å². The minimum Gasteiger partial charge on any atom is -0.497 e. The Labute approximate surface area is 120 Å². The number of nitrogens with zero attached hydrogens (tertiary/aromatic N) is 1. The molecule has 2 aromatic carbocycles. The van der Waals surface area contributed by atoms with E-state index in [0.29, 0.717) is 0 Å². The average molecular weight is 271 g/mol. The molecule has 0 unspecified atom stereocenters. The number of aryl methyl sites for hydroxylation is 1. The highest BCUT2D eigenvalue weighted by molar-refractivity contribution is 5.54. The minimum absolute atomic E-state index is 0.0595. The predicted octanol–water partition coefficient (Wildman–Crippen LogP) is 3.13. The van der Waals surface area contributed by atoms with Crippen molar-refractivity contribution in [2.75, 3.05) is 19.1 Å². The highest BCUT2D eigenvalue weighted by Crippen LogP contribution is 2.23. The van der Waals surface area contributed by atoms with Crippen LogP contribution in [0.3, 0.4) is 0 Å². The van der Waals surface area contributed by atoms with E-state index in [-0.39, 0.29) is 6.61 Å². The first-order valence-corrected chi connectivity index (χ1v) is 6.68. The molecule has 0 amide bonds. The molecule has 0 aliphatic heterocycles. The summed E-state index contributed by atoms with van der Waals surface area (Å²) in [6.45, 7) is 2.89. The van der Waals surface area contributed by atoms with Gasteiger partial charge in [-0.2, -0.15) is 0 Å². The van der Waals surface area contributed by atoms with E-state index < -0.39 is 0 Å². The third-order valence-electron chi connectivity index (χ3n) is 3.40. The molecule has 0 aromatic heterocycles. The molecular formula is C17H21NO2. The van der Waals surface area contributed by atoms with Crippen molar-refractivity contribution in [1.82, 2.24) is 0 Å². The highest BCUT2D eigenvalue weighted by atomic mass is 16.5. The zero-order chi connectivity index (χ0) is 14.5. The average Bonchev–Trinajstić information content (AvgIpc) is 2.47. The molecule has 0 spiro atoms. The number of benzene rings is 2. The summed E-state index contributed by atoms with van der Waals surface area (Å²) in [6, 6.07) is 14.2. The molecule has 0 bridgehead atoms. The van der Waals surface area contributed by atoms with Gasteiger partial charge in [-0.15, -0.1) is 0 Å². The van der Waals surface area contributed by atoms with Gasteiger partial charge >= 0.3 is 0 Å². The molecule has 2 rings (SSSR count). The number of methoxy groups -OCH3 is 1. The summed E-state index contributed by atoms with van der Waals surface area (Å²) in [7, 11) is 3.70. The molecule has 0 aliphatic carbocycles. The molecule has 0 fully saturated rings. The third kappa shape index (κ3) is 3.31. The maximum Gasteiger partial charge on any atom is 0.118 e. The molecule has 20 heavy (non-hydrogen) atoms. The van der Waals surface area contributed by atoms with Crippen LogP contribution in [-0.4, -0.2) is 19.3 Å². The second-order valence-electron chi connectivity index (χ2n) is 4.99. The number of anilines is 1. The van der Waals surface area contributed by atoms with Crippen LogP contribution in [-0.2, 0) is 13.2 Å². The Morgan fingerprint density at radius 1 is 1.10 bits per heavy atom. The first kappa shape index (κ1) is 14.4.